The lowest BCUT2D eigenvalue weighted by Crippen LogP contribution is -2.28. The highest BCUT2D eigenvalue weighted by Crippen LogP contribution is 2.28. The molecule has 0 aliphatic rings. The van der Waals surface area contributed by atoms with Gasteiger partial charge in [0.25, 0.3) is 0 Å². The van der Waals surface area contributed by atoms with Crippen molar-refractivity contribution in [1.82, 2.24) is 15.0 Å². The monoisotopic (exact) mass is 303 g/mol. The summed E-state index contributed by atoms with van der Waals surface area (Å²) in [6.45, 7) is 0. The highest BCUT2D eigenvalue weighted by molar-refractivity contribution is 7.98. The molecule has 106 valence electrons. The van der Waals surface area contributed by atoms with E-state index in [-0.39, 0.29) is 0 Å². The summed E-state index contributed by atoms with van der Waals surface area (Å²) in [5.41, 5.74) is -1.93. The van der Waals surface area contributed by atoms with Crippen LogP contribution in [0.25, 0.3) is 0 Å². The Morgan fingerprint density at radius 2 is 1.95 bits per heavy atom. The maximum Gasteiger partial charge on any atom is 0.433 e. The molecule has 2 heterocycles. The summed E-state index contributed by atoms with van der Waals surface area (Å²) in [7, 11) is 0. The minimum atomic E-state index is -4.46. The molecule has 0 atom stereocenters. The van der Waals surface area contributed by atoms with E-state index in [1.54, 1.807) is 0 Å². The summed E-state index contributed by atoms with van der Waals surface area (Å²) in [4.78, 5) is 29.8. The number of hydrogen-bond donors (Lipinski definition) is 2. The molecule has 0 amide bonds. The third-order valence-electron chi connectivity index (χ3n) is 2.29. The SMILES string of the molecule is O=c1[nH]cc(SCc2ccc(C(F)(F)F)nc2)[nH]c1=O. The van der Waals surface area contributed by atoms with Gasteiger partial charge in [0.2, 0.25) is 0 Å². The molecule has 2 rings (SSSR count). The van der Waals surface area contributed by atoms with Crippen molar-refractivity contribution in [3.63, 3.8) is 0 Å². The molecule has 0 unspecified atom stereocenters. The highest BCUT2D eigenvalue weighted by atomic mass is 32.2. The fourth-order valence-corrected chi connectivity index (χ4v) is 2.12. The van der Waals surface area contributed by atoms with E-state index >= 15 is 0 Å². The van der Waals surface area contributed by atoms with E-state index in [4.69, 9.17) is 0 Å². The summed E-state index contributed by atoms with van der Waals surface area (Å²) in [5, 5.41) is 0.412. The smallest absolute Gasteiger partial charge is 0.322 e. The third-order valence-corrected chi connectivity index (χ3v) is 3.30. The fraction of sp³-hybridized carbons (Fsp3) is 0.182. The van der Waals surface area contributed by atoms with Gasteiger partial charge in [-0.25, -0.2) is 0 Å². The van der Waals surface area contributed by atoms with E-state index in [1.165, 1.54) is 12.3 Å². The van der Waals surface area contributed by atoms with E-state index in [2.05, 4.69) is 15.0 Å². The van der Waals surface area contributed by atoms with E-state index in [1.807, 2.05) is 0 Å². The van der Waals surface area contributed by atoms with E-state index in [0.717, 1.165) is 24.0 Å². The maximum atomic E-state index is 12.3. The summed E-state index contributed by atoms with van der Waals surface area (Å²) >= 11 is 1.16. The van der Waals surface area contributed by atoms with Crippen LogP contribution in [0.4, 0.5) is 13.2 Å². The number of thioether (sulfide) groups is 1. The zero-order valence-electron chi connectivity index (χ0n) is 9.82. The second kappa shape index (κ2) is 5.53. The molecule has 0 fully saturated rings. The van der Waals surface area contributed by atoms with Crippen LogP contribution in [0.15, 0.2) is 39.1 Å². The summed E-state index contributed by atoms with van der Waals surface area (Å²) in [6.07, 6.45) is -2.01. The molecule has 5 nitrogen and oxygen atoms in total. The Hall–Kier alpha value is -2.03. The Balaban J connectivity index is 2.06. The molecule has 0 saturated heterocycles. The van der Waals surface area contributed by atoms with E-state index in [9.17, 15) is 22.8 Å². The van der Waals surface area contributed by atoms with Crippen LogP contribution in [0.5, 0.6) is 0 Å². The maximum absolute atomic E-state index is 12.3. The van der Waals surface area contributed by atoms with Crippen molar-refractivity contribution < 1.29 is 13.2 Å². The second-order valence-electron chi connectivity index (χ2n) is 3.77. The zero-order valence-corrected chi connectivity index (χ0v) is 10.6. The molecule has 2 aromatic rings. The molecule has 0 radical (unpaired) electrons. The number of nitrogens with zero attached hydrogens (tertiary/aromatic N) is 1. The van der Waals surface area contributed by atoms with Gasteiger partial charge in [-0.3, -0.25) is 14.6 Å². The Bertz CT molecular complexity index is 706. The molecule has 0 aliphatic heterocycles. The fourth-order valence-electron chi connectivity index (χ4n) is 1.32. The molecular weight excluding hydrogens is 295 g/mol. The summed E-state index contributed by atoms with van der Waals surface area (Å²) < 4.78 is 36.9. The van der Waals surface area contributed by atoms with Crippen molar-refractivity contribution in [3.05, 3.63) is 56.5 Å². The van der Waals surface area contributed by atoms with Gasteiger partial charge in [-0.2, -0.15) is 13.2 Å². The first-order chi connectivity index (χ1) is 9.36. The molecule has 0 bridgehead atoms. The average Bonchev–Trinajstić information content (AvgIpc) is 2.40. The van der Waals surface area contributed by atoms with Gasteiger partial charge in [0.15, 0.2) is 0 Å². The molecule has 0 spiro atoms. The van der Waals surface area contributed by atoms with Crippen LogP contribution in [0.3, 0.4) is 0 Å². The van der Waals surface area contributed by atoms with Crippen LogP contribution < -0.4 is 11.1 Å². The first kappa shape index (κ1) is 14.4. The van der Waals surface area contributed by atoms with Crippen LogP contribution in [0, 0.1) is 0 Å². The number of H-pyrrole nitrogens is 2. The Morgan fingerprint density at radius 3 is 2.50 bits per heavy atom. The second-order valence-corrected chi connectivity index (χ2v) is 4.79. The Labute approximate surface area is 114 Å². The highest BCUT2D eigenvalue weighted by Gasteiger charge is 2.31. The molecule has 2 aromatic heterocycles. The lowest BCUT2D eigenvalue weighted by Gasteiger charge is -2.06. The number of nitrogens with one attached hydrogen (secondary N) is 2. The predicted octanol–water partition coefficient (Wildman–Crippen LogP) is 1.77. The molecule has 20 heavy (non-hydrogen) atoms. The topological polar surface area (TPSA) is 78.6 Å². The number of halogens is 3. The number of aromatic nitrogens is 3. The lowest BCUT2D eigenvalue weighted by atomic mass is 10.3. The molecule has 0 aromatic carbocycles. The van der Waals surface area contributed by atoms with E-state index < -0.39 is 23.0 Å². The van der Waals surface area contributed by atoms with Gasteiger partial charge >= 0.3 is 17.3 Å². The van der Waals surface area contributed by atoms with Crippen molar-refractivity contribution in [3.8, 4) is 0 Å². The number of hydrogen-bond acceptors (Lipinski definition) is 4. The van der Waals surface area contributed by atoms with Crippen molar-refractivity contribution >= 4 is 11.8 Å². The number of alkyl halides is 3. The van der Waals surface area contributed by atoms with Crippen molar-refractivity contribution in [2.24, 2.45) is 0 Å². The van der Waals surface area contributed by atoms with Gasteiger partial charge < -0.3 is 9.97 Å². The minimum absolute atomic E-state index is 0.313. The number of aromatic amines is 2. The summed E-state index contributed by atoms with van der Waals surface area (Å²) in [5.74, 6) is 0.313. The predicted molar refractivity (Wildman–Crippen MR) is 66.5 cm³/mol. The van der Waals surface area contributed by atoms with Gasteiger partial charge in [0.1, 0.15) is 5.69 Å². The van der Waals surface area contributed by atoms with E-state index in [0.29, 0.717) is 16.3 Å². The zero-order chi connectivity index (χ0) is 14.8. The van der Waals surface area contributed by atoms with Gasteiger partial charge in [0.05, 0.1) is 5.03 Å². The average molecular weight is 303 g/mol. The van der Waals surface area contributed by atoms with Crippen LogP contribution in [0.2, 0.25) is 0 Å². The molecule has 0 aliphatic carbocycles. The standard InChI is InChI=1S/C11H8F3N3O2S/c12-11(13,14)7-2-1-6(3-15-7)5-20-8-4-16-9(18)10(19)17-8/h1-4H,5H2,(H,16,18)(H,17,19). The number of pyridine rings is 1. The van der Waals surface area contributed by atoms with Gasteiger partial charge in [-0.15, -0.1) is 11.8 Å². The largest absolute Gasteiger partial charge is 0.433 e. The normalized spacial score (nSPS) is 11.6. The van der Waals surface area contributed by atoms with Crippen molar-refractivity contribution in [1.29, 1.82) is 0 Å². The first-order valence-electron chi connectivity index (χ1n) is 5.33. The first-order valence-corrected chi connectivity index (χ1v) is 6.32. The Kier molecular flexibility index (Phi) is 3.98. The Morgan fingerprint density at radius 1 is 1.20 bits per heavy atom. The molecule has 0 saturated carbocycles. The van der Waals surface area contributed by atoms with Crippen molar-refractivity contribution in [2.45, 2.75) is 17.0 Å². The minimum Gasteiger partial charge on any atom is -0.322 e. The van der Waals surface area contributed by atoms with Gasteiger partial charge in [-0.05, 0) is 11.6 Å². The third kappa shape index (κ3) is 3.50. The molecule has 2 N–H and O–H groups in total. The lowest BCUT2D eigenvalue weighted by molar-refractivity contribution is -0.141. The van der Waals surface area contributed by atoms with Crippen LogP contribution >= 0.6 is 11.8 Å². The van der Waals surface area contributed by atoms with Crippen LogP contribution in [-0.2, 0) is 11.9 Å². The summed E-state index contributed by atoms with van der Waals surface area (Å²) in [6, 6.07) is 2.21. The number of rotatable bonds is 3. The molecular formula is C11H8F3N3O2S. The van der Waals surface area contributed by atoms with Gasteiger partial charge in [0, 0.05) is 18.1 Å². The quantitative estimate of drug-likeness (QED) is 0.669. The van der Waals surface area contributed by atoms with Crippen LogP contribution in [-0.4, -0.2) is 15.0 Å². The molecule has 9 heteroatoms. The van der Waals surface area contributed by atoms with Crippen LogP contribution in [0.1, 0.15) is 11.3 Å². The van der Waals surface area contributed by atoms with Crippen molar-refractivity contribution in [2.75, 3.05) is 0 Å². The van der Waals surface area contributed by atoms with Gasteiger partial charge in [-0.1, -0.05) is 6.07 Å².